The van der Waals surface area contributed by atoms with Crippen LogP contribution in [-0.4, -0.2) is 44.9 Å². The number of benzene rings is 4. The summed E-state index contributed by atoms with van der Waals surface area (Å²) in [5.74, 6) is 0.352. The van der Waals surface area contributed by atoms with Crippen LogP contribution >= 0.6 is 0 Å². The van der Waals surface area contributed by atoms with E-state index in [9.17, 15) is 9.59 Å². The lowest BCUT2D eigenvalue weighted by Crippen LogP contribution is -2.13. The van der Waals surface area contributed by atoms with Crippen LogP contribution in [0.25, 0.3) is 22.6 Å². The Kier molecular flexibility index (Phi) is 7.14. The van der Waals surface area contributed by atoms with Gasteiger partial charge in [0, 0.05) is 68.4 Å². The van der Waals surface area contributed by atoms with E-state index >= 15 is 0 Å². The lowest BCUT2D eigenvalue weighted by atomic mass is 10.0. The average molecular weight is 519 g/mol. The molecule has 4 aromatic carbocycles. The fraction of sp³-hybridized carbons (Fsp3) is 0.156. The monoisotopic (exact) mass is 518 g/mol. The molecule has 0 aliphatic rings. The predicted molar refractivity (Wildman–Crippen MR) is 157 cm³/mol. The number of aromatic nitrogens is 1. The van der Waals surface area contributed by atoms with E-state index < -0.39 is 0 Å². The lowest BCUT2D eigenvalue weighted by molar-refractivity contribution is 0.0991. The van der Waals surface area contributed by atoms with Gasteiger partial charge in [-0.2, -0.15) is 0 Å². The minimum absolute atomic E-state index is 0.0506. The number of carbonyl (C=O) groups excluding carboxylic acids is 2. The highest BCUT2D eigenvalue weighted by atomic mass is 16.3. The van der Waals surface area contributed by atoms with E-state index in [1.165, 1.54) is 0 Å². The quantitative estimate of drug-likeness (QED) is 0.243. The summed E-state index contributed by atoms with van der Waals surface area (Å²) in [6, 6.07) is 28.0. The van der Waals surface area contributed by atoms with Crippen molar-refractivity contribution in [1.29, 1.82) is 0 Å². The number of amides is 1. The summed E-state index contributed by atoms with van der Waals surface area (Å²) in [4.78, 5) is 34.1. The molecule has 0 bridgehead atoms. The van der Waals surface area contributed by atoms with Crippen molar-refractivity contribution >= 4 is 39.9 Å². The van der Waals surface area contributed by atoms with Gasteiger partial charge < -0.3 is 19.5 Å². The first-order valence-electron chi connectivity index (χ1n) is 12.7. The Morgan fingerprint density at radius 1 is 0.744 bits per heavy atom. The number of nitrogens with zero attached hydrogens (tertiary/aromatic N) is 3. The zero-order chi connectivity index (χ0) is 27.5. The van der Waals surface area contributed by atoms with E-state index in [0.717, 1.165) is 22.5 Å². The van der Waals surface area contributed by atoms with Gasteiger partial charge in [-0.15, -0.1) is 0 Å². The van der Waals surface area contributed by atoms with Crippen molar-refractivity contribution in [2.75, 3.05) is 43.3 Å². The summed E-state index contributed by atoms with van der Waals surface area (Å²) in [7, 11) is 7.86. The van der Waals surface area contributed by atoms with E-state index in [0.29, 0.717) is 33.8 Å². The summed E-state index contributed by atoms with van der Waals surface area (Å²) < 4.78 is 5.96. The summed E-state index contributed by atoms with van der Waals surface area (Å²) in [6.07, 6.45) is 0.283. The molecule has 0 aliphatic carbocycles. The van der Waals surface area contributed by atoms with Crippen LogP contribution in [0.3, 0.4) is 0 Å². The molecule has 1 amide bonds. The lowest BCUT2D eigenvalue weighted by Gasteiger charge is -2.12. The van der Waals surface area contributed by atoms with Crippen LogP contribution in [0.5, 0.6) is 0 Å². The van der Waals surface area contributed by atoms with Crippen LogP contribution in [0.15, 0.2) is 95.4 Å². The number of Topliss-reactive ketones (excluding diaryl/α,β-unsaturated/α-hetero) is 1. The van der Waals surface area contributed by atoms with Crippen LogP contribution in [0.4, 0.5) is 17.1 Å². The van der Waals surface area contributed by atoms with Crippen LogP contribution in [0.2, 0.25) is 0 Å². The highest BCUT2D eigenvalue weighted by Gasteiger charge is 2.13. The van der Waals surface area contributed by atoms with Gasteiger partial charge in [0.1, 0.15) is 5.52 Å². The highest BCUT2D eigenvalue weighted by Crippen LogP contribution is 2.27. The summed E-state index contributed by atoms with van der Waals surface area (Å²) in [6.45, 7) is 0. The first kappa shape index (κ1) is 25.7. The Labute approximate surface area is 227 Å². The third kappa shape index (κ3) is 5.83. The van der Waals surface area contributed by atoms with Gasteiger partial charge in [0.25, 0.3) is 5.91 Å². The largest absolute Gasteiger partial charge is 0.436 e. The minimum Gasteiger partial charge on any atom is -0.436 e. The fourth-order valence-electron chi connectivity index (χ4n) is 4.25. The van der Waals surface area contributed by atoms with Crippen LogP contribution < -0.4 is 15.1 Å². The second-order valence-electron chi connectivity index (χ2n) is 9.84. The average Bonchev–Trinajstić information content (AvgIpc) is 3.37. The fourth-order valence-corrected chi connectivity index (χ4v) is 4.25. The molecule has 7 nitrogen and oxygen atoms in total. The molecule has 0 spiro atoms. The number of rotatable bonds is 8. The molecule has 5 rings (SSSR count). The molecule has 1 N–H and O–H groups in total. The highest BCUT2D eigenvalue weighted by molar-refractivity contribution is 6.04. The Balaban J connectivity index is 1.26. The molecule has 0 aliphatic heterocycles. The minimum atomic E-state index is -0.175. The van der Waals surface area contributed by atoms with Crippen molar-refractivity contribution < 1.29 is 14.0 Å². The summed E-state index contributed by atoms with van der Waals surface area (Å²) in [5.41, 5.74) is 7.03. The summed E-state index contributed by atoms with van der Waals surface area (Å²) in [5, 5.41) is 2.92. The molecule has 0 atom stereocenters. The Morgan fingerprint density at radius 3 is 1.92 bits per heavy atom. The number of fused-ring (bicyclic) bond motifs is 1. The van der Waals surface area contributed by atoms with E-state index in [-0.39, 0.29) is 18.1 Å². The van der Waals surface area contributed by atoms with Crippen molar-refractivity contribution in [3.05, 3.63) is 108 Å². The van der Waals surface area contributed by atoms with Crippen molar-refractivity contribution in [3.63, 3.8) is 0 Å². The van der Waals surface area contributed by atoms with Crippen LogP contribution in [0, 0.1) is 0 Å². The maximum Gasteiger partial charge on any atom is 0.255 e. The zero-order valence-electron chi connectivity index (χ0n) is 22.4. The van der Waals surface area contributed by atoms with Gasteiger partial charge in [-0.3, -0.25) is 9.59 Å². The van der Waals surface area contributed by atoms with Crippen LogP contribution in [-0.2, 0) is 6.42 Å². The Bertz CT molecular complexity index is 1620. The first-order valence-corrected chi connectivity index (χ1v) is 12.7. The number of nitrogens with one attached hydrogen (secondary N) is 1. The molecule has 0 saturated carbocycles. The van der Waals surface area contributed by atoms with Crippen molar-refractivity contribution in [2.45, 2.75) is 6.42 Å². The van der Waals surface area contributed by atoms with E-state index in [4.69, 9.17) is 4.42 Å². The first-order chi connectivity index (χ1) is 18.8. The molecular weight excluding hydrogens is 488 g/mol. The molecule has 0 unspecified atom stereocenters. The number of hydrogen-bond acceptors (Lipinski definition) is 6. The molecule has 5 aromatic rings. The Morgan fingerprint density at radius 2 is 1.33 bits per heavy atom. The molecule has 39 heavy (non-hydrogen) atoms. The molecule has 0 fully saturated rings. The van der Waals surface area contributed by atoms with E-state index in [2.05, 4.69) is 10.3 Å². The van der Waals surface area contributed by atoms with Gasteiger partial charge in [0.05, 0.1) is 0 Å². The van der Waals surface area contributed by atoms with Gasteiger partial charge in [-0.05, 0) is 90.5 Å². The number of oxazole rings is 1. The third-order valence-corrected chi connectivity index (χ3v) is 6.56. The van der Waals surface area contributed by atoms with Crippen molar-refractivity contribution in [2.24, 2.45) is 0 Å². The third-order valence-electron chi connectivity index (χ3n) is 6.56. The second kappa shape index (κ2) is 10.8. The topological polar surface area (TPSA) is 78.7 Å². The van der Waals surface area contributed by atoms with Gasteiger partial charge >= 0.3 is 0 Å². The second-order valence-corrected chi connectivity index (χ2v) is 9.84. The van der Waals surface area contributed by atoms with Gasteiger partial charge in [-0.25, -0.2) is 4.98 Å². The number of carbonyl (C=O) groups is 2. The number of anilines is 3. The number of hydrogen-bond donors (Lipinski definition) is 1. The van der Waals surface area contributed by atoms with Gasteiger partial charge in [-0.1, -0.05) is 6.07 Å². The molecule has 0 radical (unpaired) electrons. The molecule has 196 valence electrons. The molecule has 0 saturated heterocycles. The molecule has 1 aromatic heterocycles. The van der Waals surface area contributed by atoms with Crippen molar-refractivity contribution in [1.82, 2.24) is 4.98 Å². The maximum absolute atomic E-state index is 12.8. The van der Waals surface area contributed by atoms with Crippen LogP contribution in [0.1, 0.15) is 26.3 Å². The number of ketones is 1. The summed E-state index contributed by atoms with van der Waals surface area (Å²) >= 11 is 0. The normalized spacial score (nSPS) is 10.9. The predicted octanol–water partition coefficient (Wildman–Crippen LogP) is 6.30. The van der Waals surface area contributed by atoms with E-state index in [1.54, 1.807) is 12.1 Å². The maximum atomic E-state index is 12.8. The molecule has 1 heterocycles. The molecular formula is C32H30N4O3. The zero-order valence-corrected chi connectivity index (χ0v) is 22.4. The van der Waals surface area contributed by atoms with E-state index in [1.807, 2.05) is 117 Å². The standard InChI is InChI=1S/C32H30N4O3/c1-35(2)26-14-8-22(9-15-26)29(37)20-21-5-18-30-28(19-21)34-32(39-30)24-6-12-25(13-7-24)33-31(38)23-10-16-27(17-11-23)36(3)4/h5-19H,20H2,1-4H3,(H,33,38). The van der Waals surface area contributed by atoms with Gasteiger partial charge in [0.15, 0.2) is 11.4 Å². The van der Waals surface area contributed by atoms with Crippen molar-refractivity contribution in [3.8, 4) is 11.5 Å². The smallest absolute Gasteiger partial charge is 0.255 e. The van der Waals surface area contributed by atoms with Gasteiger partial charge in [0.2, 0.25) is 5.89 Å². The molecule has 7 heteroatoms. The Hall–Kier alpha value is -4.91. The SMILES string of the molecule is CN(C)c1ccc(C(=O)Cc2ccc3oc(-c4ccc(NC(=O)c5ccc(N(C)C)cc5)cc4)nc3c2)cc1.